The van der Waals surface area contributed by atoms with Gasteiger partial charge in [0.15, 0.2) is 5.82 Å². The van der Waals surface area contributed by atoms with Gasteiger partial charge in [-0.3, -0.25) is 4.79 Å². The summed E-state index contributed by atoms with van der Waals surface area (Å²) in [5.41, 5.74) is 2.14. The van der Waals surface area contributed by atoms with Gasteiger partial charge in [-0.05, 0) is 29.3 Å². The summed E-state index contributed by atoms with van der Waals surface area (Å²) in [6, 6.07) is 28.6. The zero-order valence-electron chi connectivity index (χ0n) is 22.0. The average Bonchev–Trinajstić information content (AvgIpc) is 3.26. The maximum absolute atomic E-state index is 15.7. The van der Waals surface area contributed by atoms with E-state index < -0.39 is 28.5 Å². The molecule has 1 aromatic heterocycles. The number of fused-ring (bicyclic) bond motifs is 1. The van der Waals surface area contributed by atoms with Gasteiger partial charge < -0.3 is 14.8 Å². The lowest BCUT2D eigenvalue weighted by Crippen LogP contribution is -2.30. The van der Waals surface area contributed by atoms with Gasteiger partial charge in [0.1, 0.15) is 31.2 Å². The van der Waals surface area contributed by atoms with Gasteiger partial charge in [-0.15, -0.1) is 0 Å². The summed E-state index contributed by atoms with van der Waals surface area (Å²) in [6.45, 7) is -0.279. The predicted molar refractivity (Wildman–Crippen MR) is 155 cm³/mol. The van der Waals surface area contributed by atoms with E-state index in [9.17, 15) is 13.2 Å². The normalized spacial score (nSPS) is 14.0. The number of anilines is 3. The molecule has 0 atom stereocenters. The maximum Gasteiger partial charge on any atom is 0.326 e. The fraction of sp³-hybridized carbons (Fsp3) is 0.100. The fourth-order valence-corrected chi connectivity index (χ4v) is 5.61. The molecule has 6 rings (SSSR count). The molecule has 12 heteroatoms. The number of benzene rings is 4. The van der Waals surface area contributed by atoms with Gasteiger partial charge in [0.25, 0.3) is 5.91 Å². The van der Waals surface area contributed by atoms with Crippen LogP contribution >= 0.6 is 0 Å². The van der Waals surface area contributed by atoms with E-state index in [1.165, 1.54) is 6.07 Å². The van der Waals surface area contributed by atoms with Crippen molar-refractivity contribution in [3.63, 3.8) is 0 Å². The SMILES string of the molecule is O=C1CN(c2c(F)cc(Nc3nc(OCc4ccccc4)c4ccccc4n3)cc2OCc2ccccc2)S(=O)(=O)N1. The van der Waals surface area contributed by atoms with Crippen molar-refractivity contribution < 1.29 is 27.1 Å². The molecule has 1 saturated heterocycles. The molecule has 1 aliphatic heterocycles. The minimum absolute atomic E-state index is 0.0238. The molecule has 4 aromatic carbocycles. The van der Waals surface area contributed by atoms with Gasteiger partial charge in [-0.1, -0.05) is 72.8 Å². The zero-order valence-corrected chi connectivity index (χ0v) is 22.8. The molecule has 10 nitrogen and oxygen atoms in total. The number of para-hydroxylation sites is 1. The Balaban J connectivity index is 1.35. The Morgan fingerprint density at radius 2 is 1.50 bits per heavy atom. The average molecular weight is 586 g/mol. The number of hydrogen-bond acceptors (Lipinski definition) is 8. The third kappa shape index (κ3) is 5.79. The van der Waals surface area contributed by atoms with E-state index >= 15 is 4.39 Å². The molecular weight excluding hydrogens is 561 g/mol. The van der Waals surface area contributed by atoms with Crippen LogP contribution in [0.4, 0.5) is 21.7 Å². The Bertz CT molecular complexity index is 1870. The van der Waals surface area contributed by atoms with Crippen LogP contribution < -0.4 is 23.8 Å². The second-order valence-electron chi connectivity index (χ2n) is 9.38. The first-order valence-electron chi connectivity index (χ1n) is 12.9. The lowest BCUT2D eigenvalue weighted by Gasteiger charge is -2.21. The molecule has 5 aromatic rings. The van der Waals surface area contributed by atoms with Crippen LogP contribution in [-0.2, 0) is 28.2 Å². The van der Waals surface area contributed by atoms with E-state index in [1.807, 2.05) is 83.6 Å². The van der Waals surface area contributed by atoms with E-state index in [4.69, 9.17) is 9.47 Å². The van der Waals surface area contributed by atoms with Gasteiger partial charge >= 0.3 is 10.2 Å². The summed E-state index contributed by atoms with van der Waals surface area (Å²) in [7, 11) is -4.30. The van der Waals surface area contributed by atoms with Gasteiger partial charge in [-0.2, -0.15) is 13.4 Å². The Labute approximate surface area is 240 Å². The standard InChI is InChI=1S/C30H24FN5O5S/c31-24-15-22(16-26(40-18-20-9-3-1-4-10-20)28(24)36-17-27(37)35-42(36,38)39)32-30-33-25-14-8-7-13-23(25)29(34-30)41-19-21-11-5-2-6-12-21/h1-16H,17-19H2,(H,35,37)(H,32,33,34). The van der Waals surface area contributed by atoms with Crippen molar-refractivity contribution in [2.75, 3.05) is 16.2 Å². The van der Waals surface area contributed by atoms with Gasteiger partial charge in [-0.25, -0.2) is 18.4 Å². The lowest BCUT2D eigenvalue weighted by molar-refractivity contribution is -0.117. The van der Waals surface area contributed by atoms with Crippen molar-refractivity contribution in [2.24, 2.45) is 0 Å². The minimum atomic E-state index is -4.30. The van der Waals surface area contributed by atoms with Crippen LogP contribution in [0.5, 0.6) is 11.6 Å². The van der Waals surface area contributed by atoms with Crippen molar-refractivity contribution in [2.45, 2.75) is 13.2 Å². The first-order chi connectivity index (χ1) is 20.4. The highest BCUT2D eigenvalue weighted by Gasteiger charge is 2.38. The van der Waals surface area contributed by atoms with E-state index in [2.05, 4.69) is 15.3 Å². The summed E-state index contributed by atoms with van der Waals surface area (Å²) >= 11 is 0. The van der Waals surface area contributed by atoms with Crippen LogP contribution in [0.3, 0.4) is 0 Å². The van der Waals surface area contributed by atoms with Crippen LogP contribution in [0.2, 0.25) is 0 Å². The third-order valence-electron chi connectivity index (χ3n) is 6.38. The maximum atomic E-state index is 15.7. The van der Waals surface area contributed by atoms with Crippen molar-refractivity contribution in [3.8, 4) is 11.6 Å². The quantitative estimate of drug-likeness (QED) is 0.252. The monoisotopic (exact) mass is 585 g/mol. The van der Waals surface area contributed by atoms with E-state index in [1.54, 1.807) is 6.07 Å². The van der Waals surface area contributed by atoms with Gasteiger partial charge in [0.2, 0.25) is 11.8 Å². The molecule has 0 aliphatic carbocycles. The second-order valence-corrected chi connectivity index (χ2v) is 11.0. The van der Waals surface area contributed by atoms with Crippen LogP contribution in [0.15, 0.2) is 97.1 Å². The first-order valence-corrected chi connectivity index (χ1v) is 14.3. The Morgan fingerprint density at radius 1 is 0.857 bits per heavy atom. The Hall–Kier alpha value is -5.23. The molecule has 0 unspecified atom stereocenters. The molecule has 1 amide bonds. The lowest BCUT2D eigenvalue weighted by atomic mass is 10.2. The smallest absolute Gasteiger partial charge is 0.326 e. The van der Waals surface area contributed by atoms with Crippen molar-refractivity contribution in [3.05, 3.63) is 114 Å². The van der Waals surface area contributed by atoms with Crippen LogP contribution in [0.25, 0.3) is 10.9 Å². The molecular formula is C30H24FN5O5S. The number of halogens is 1. The number of aromatic nitrogens is 2. The molecule has 0 bridgehead atoms. The predicted octanol–water partition coefficient (Wildman–Crippen LogP) is 4.85. The number of hydrogen-bond donors (Lipinski definition) is 2. The van der Waals surface area contributed by atoms with Crippen LogP contribution in [-0.4, -0.2) is 30.8 Å². The number of nitrogens with zero attached hydrogens (tertiary/aromatic N) is 3. The number of rotatable bonds is 9. The highest BCUT2D eigenvalue weighted by molar-refractivity contribution is 7.92. The molecule has 0 spiro atoms. The molecule has 0 saturated carbocycles. The van der Waals surface area contributed by atoms with E-state index in [-0.39, 0.29) is 36.3 Å². The molecule has 0 radical (unpaired) electrons. The number of nitrogens with one attached hydrogen (secondary N) is 2. The van der Waals surface area contributed by atoms with E-state index in [0.717, 1.165) is 17.2 Å². The van der Waals surface area contributed by atoms with Crippen molar-refractivity contribution in [1.29, 1.82) is 0 Å². The van der Waals surface area contributed by atoms with Gasteiger partial charge in [0, 0.05) is 11.8 Å². The molecule has 1 aliphatic rings. The number of ether oxygens (including phenoxy) is 2. The van der Waals surface area contributed by atoms with Crippen LogP contribution in [0.1, 0.15) is 11.1 Å². The topological polar surface area (TPSA) is 123 Å². The summed E-state index contributed by atoms with van der Waals surface area (Å²) in [5, 5.41) is 3.69. The van der Waals surface area contributed by atoms with E-state index in [0.29, 0.717) is 21.1 Å². The molecule has 212 valence electrons. The largest absolute Gasteiger partial charge is 0.487 e. The highest BCUT2D eigenvalue weighted by Crippen LogP contribution is 2.38. The summed E-state index contributed by atoms with van der Waals surface area (Å²) in [6.07, 6.45) is 0. The van der Waals surface area contributed by atoms with Crippen LogP contribution in [0, 0.1) is 5.82 Å². The highest BCUT2D eigenvalue weighted by atomic mass is 32.2. The first kappa shape index (κ1) is 27.0. The number of carbonyl (C=O) groups excluding carboxylic acids is 1. The Morgan fingerprint density at radius 3 is 2.17 bits per heavy atom. The molecule has 42 heavy (non-hydrogen) atoms. The molecule has 1 fully saturated rings. The minimum Gasteiger partial charge on any atom is -0.487 e. The fourth-order valence-electron chi connectivity index (χ4n) is 4.45. The summed E-state index contributed by atoms with van der Waals surface area (Å²) in [4.78, 5) is 21.0. The number of carbonyl (C=O) groups is 1. The Kier molecular flexibility index (Phi) is 7.28. The molecule has 2 N–H and O–H groups in total. The number of amides is 1. The van der Waals surface area contributed by atoms with Crippen molar-refractivity contribution >= 4 is 44.3 Å². The summed E-state index contributed by atoms with van der Waals surface area (Å²) < 4.78 is 55.3. The second kappa shape index (κ2) is 11.3. The van der Waals surface area contributed by atoms with Gasteiger partial charge in [0.05, 0.1) is 10.9 Å². The zero-order chi connectivity index (χ0) is 29.1. The van der Waals surface area contributed by atoms with Crippen molar-refractivity contribution in [1.82, 2.24) is 14.7 Å². The summed E-state index contributed by atoms with van der Waals surface area (Å²) in [5.74, 6) is -1.34. The third-order valence-corrected chi connectivity index (χ3v) is 7.76. The molecule has 2 heterocycles.